The highest BCUT2D eigenvalue weighted by molar-refractivity contribution is 9.10. The van der Waals surface area contributed by atoms with Crippen molar-refractivity contribution < 1.29 is 14.7 Å². The predicted molar refractivity (Wildman–Crippen MR) is 84.7 cm³/mol. The van der Waals surface area contributed by atoms with E-state index in [2.05, 4.69) is 21.2 Å². The maximum atomic E-state index is 12.1. The molecule has 0 radical (unpaired) electrons. The van der Waals surface area contributed by atoms with Gasteiger partial charge in [0.1, 0.15) is 0 Å². The van der Waals surface area contributed by atoms with Gasteiger partial charge in [-0.05, 0) is 52.9 Å². The molecule has 0 saturated heterocycles. The molecule has 0 spiro atoms. The Morgan fingerprint density at radius 2 is 2.05 bits per heavy atom. The summed E-state index contributed by atoms with van der Waals surface area (Å²) in [6, 6.07) is 4.54. The number of aromatic carboxylic acids is 1. The Balaban J connectivity index is 1.98. The number of carbonyl (C=O) groups is 2. The van der Waals surface area contributed by atoms with Gasteiger partial charge in [0.15, 0.2) is 0 Å². The fourth-order valence-corrected chi connectivity index (χ4v) is 3.07. The summed E-state index contributed by atoms with van der Waals surface area (Å²) in [5, 5.41) is 11.8. The van der Waals surface area contributed by atoms with Gasteiger partial charge in [-0.3, -0.25) is 0 Å². The van der Waals surface area contributed by atoms with Crippen LogP contribution < -0.4 is 5.32 Å². The molecule has 2 N–H and O–H groups in total. The Bertz CT molecular complexity index is 542. The second kappa shape index (κ2) is 6.93. The van der Waals surface area contributed by atoms with Gasteiger partial charge >= 0.3 is 12.0 Å². The molecule has 0 aliphatic heterocycles. The summed E-state index contributed by atoms with van der Waals surface area (Å²) in [6.07, 6.45) is 4.85. The highest BCUT2D eigenvalue weighted by Crippen LogP contribution is 2.25. The summed E-state index contributed by atoms with van der Waals surface area (Å²) in [6.45, 7) is 0.744. The summed E-state index contributed by atoms with van der Waals surface area (Å²) in [4.78, 5) is 24.9. The maximum Gasteiger partial charge on any atom is 0.336 e. The Labute approximate surface area is 132 Å². The number of anilines is 1. The number of urea groups is 1. The molecule has 1 aromatic carbocycles. The number of benzene rings is 1. The Morgan fingerprint density at radius 1 is 1.38 bits per heavy atom. The second-order valence-corrected chi connectivity index (χ2v) is 6.32. The average Bonchev–Trinajstić information content (AvgIpc) is 2.93. The van der Waals surface area contributed by atoms with Crippen LogP contribution in [0.4, 0.5) is 10.5 Å². The lowest BCUT2D eigenvalue weighted by Crippen LogP contribution is -2.34. The number of nitrogens with one attached hydrogen (secondary N) is 1. The lowest BCUT2D eigenvalue weighted by atomic mass is 10.1. The first-order valence-electron chi connectivity index (χ1n) is 7.02. The molecular formula is C15H19BrN2O3. The van der Waals surface area contributed by atoms with Gasteiger partial charge in [0.05, 0.1) is 5.56 Å². The fraction of sp³-hybridized carbons (Fsp3) is 0.467. The van der Waals surface area contributed by atoms with E-state index in [1.54, 1.807) is 24.1 Å². The van der Waals surface area contributed by atoms with Gasteiger partial charge in [-0.25, -0.2) is 9.59 Å². The van der Waals surface area contributed by atoms with E-state index < -0.39 is 5.97 Å². The molecule has 1 saturated carbocycles. The van der Waals surface area contributed by atoms with Crippen LogP contribution in [0.3, 0.4) is 0 Å². The molecule has 0 atom stereocenters. The molecule has 0 bridgehead atoms. The number of carbonyl (C=O) groups excluding carboxylic acids is 1. The number of carboxylic acids is 1. The molecule has 1 aliphatic rings. The average molecular weight is 355 g/mol. The number of halogens is 1. The third-order valence-electron chi connectivity index (χ3n) is 3.80. The fourth-order valence-electron chi connectivity index (χ4n) is 2.65. The van der Waals surface area contributed by atoms with Gasteiger partial charge in [0.25, 0.3) is 0 Å². The first-order valence-corrected chi connectivity index (χ1v) is 7.81. The van der Waals surface area contributed by atoms with E-state index in [1.807, 2.05) is 0 Å². The van der Waals surface area contributed by atoms with Crippen LogP contribution in [0.25, 0.3) is 0 Å². The second-order valence-electron chi connectivity index (χ2n) is 5.46. The first kappa shape index (κ1) is 15.8. The van der Waals surface area contributed by atoms with Crippen LogP contribution in [0.5, 0.6) is 0 Å². The van der Waals surface area contributed by atoms with Crippen molar-refractivity contribution in [1.82, 2.24) is 4.90 Å². The molecule has 0 heterocycles. The molecule has 0 aromatic heterocycles. The summed E-state index contributed by atoms with van der Waals surface area (Å²) < 4.78 is 0.493. The highest BCUT2D eigenvalue weighted by Gasteiger charge is 2.19. The van der Waals surface area contributed by atoms with Crippen LogP contribution in [-0.2, 0) is 0 Å². The molecule has 21 heavy (non-hydrogen) atoms. The van der Waals surface area contributed by atoms with Gasteiger partial charge in [-0.2, -0.15) is 0 Å². The predicted octanol–water partition coefficient (Wildman–Crippen LogP) is 3.80. The van der Waals surface area contributed by atoms with Crippen molar-refractivity contribution in [2.45, 2.75) is 25.7 Å². The van der Waals surface area contributed by atoms with Gasteiger partial charge in [-0.15, -0.1) is 0 Å². The van der Waals surface area contributed by atoms with Gasteiger partial charge in [-0.1, -0.05) is 12.8 Å². The lowest BCUT2D eigenvalue weighted by Gasteiger charge is -2.21. The molecular weight excluding hydrogens is 336 g/mol. The normalized spacial score (nSPS) is 15.0. The minimum absolute atomic E-state index is 0.131. The summed E-state index contributed by atoms with van der Waals surface area (Å²) in [5.41, 5.74) is 0.616. The third kappa shape index (κ3) is 4.20. The van der Waals surface area contributed by atoms with E-state index >= 15 is 0 Å². The number of hydrogen-bond donors (Lipinski definition) is 2. The van der Waals surface area contributed by atoms with E-state index in [1.165, 1.54) is 31.7 Å². The number of nitrogens with zero attached hydrogens (tertiary/aromatic N) is 1. The standard InChI is InChI=1S/C15H19BrN2O3/c1-18(9-10-4-2-3-5-10)15(21)17-11-6-7-13(16)12(8-11)14(19)20/h6-8,10H,2-5,9H2,1H3,(H,17,21)(H,19,20). The van der Waals surface area contributed by atoms with Gasteiger partial charge < -0.3 is 15.3 Å². The maximum absolute atomic E-state index is 12.1. The molecule has 2 amide bonds. The molecule has 1 aliphatic carbocycles. The van der Waals surface area contributed by atoms with Crippen molar-refractivity contribution in [3.05, 3.63) is 28.2 Å². The van der Waals surface area contributed by atoms with Crippen LogP contribution in [0, 0.1) is 5.92 Å². The van der Waals surface area contributed by atoms with Gasteiger partial charge in [0.2, 0.25) is 0 Å². The Kier molecular flexibility index (Phi) is 5.22. The summed E-state index contributed by atoms with van der Waals surface area (Å²) >= 11 is 3.18. The quantitative estimate of drug-likeness (QED) is 0.863. The molecule has 114 valence electrons. The zero-order valence-corrected chi connectivity index (χ0v) is 13.5. The van der Waals surface area contributed by atoms with Crippen LogP contribution in [0.2, 0.25) is 0 Å². The minimum Gasteiger partial charge on any atom is -0.478 e. The lowest BCUT2D eigenvalue weighted by molar-refractivity contribution is 0.0696. The first-order chi connectivity index (χ1) is 9.97. The van der Waals surface area contributed by atoms with E-state index in [4.69, 9.17) is 5.11 Å². The van der Waals surface area contributed by atoms with Crippen molar-refractivity contribution in [1.29, 1.82) is 0 Å². The molecule has 1 fully saturated rings. The van der Waals surface area contributed by atoms with E-state index in [0.29, 0.717) is 16.1 Å². The summed E-state index contributed by atoms with van der Waals surface area (Å²) in [7, 11) is 1.77. The van der Waals surface area contributed by atoms with E-state index in [-0.39, 0.29) is 11.6 Å². The third-order valence-corrected chi connectivity index (χ3v) is 4.49. The van der Waals surface area contributed by atoms with Crippen molar-refractivity contribution in [2.75, 3.05) is 18.9 Å². The van der Waals surface area contributed by atoms with Crippen LogP contribution in [0.15, 0.2) is 22.7 Å². The molecule has 2 rings (SSSR count). The molecule has 6 heteroatoms. The summed E-state index contributed by atoms with van der Waals surface area (Å²) in [5.74, 6) is -0.447. The van der Waals surface area contributed by atoms with Crippen LogP contribution in [-0.4, -0.2) is 35.6 Å². The molecule has 1 aromatic rings. The van der Waals surface area contributed by atoms with Crippen molar-refractivity contribution in [3.8, 4) is 0 Å². The Morgan fingerprint density at radius 3 is 2.67 bits per heavy atom. The Hall–Kier alpha value is -1.56. The smallest absolute Gasteiger partial charge is 0.336 e. The zero-order chi connectivity index (χ0) is 15.4. The van der Waals surface area contributed by atoms with E-state index in [0.717, 1.165) is 6.54 Å². The number of hydrogen-bond acceptors (Lipinski definition) is 2. The monoisotopic (exact) mass is 354 g/mol. The van der Waals surface area contributed by atoms with Crippen LogP contribution >= 0.6 is 15.9 Å². The molecule has 0 unspecified atom stereocenters. The zero-order valence-electron chi connectivity index (χ0n) is 11.9. The van der Waals surface area contributed by atoms with Crippen LogP contribution in [0.1, 0.15) is 36.0 Å². The van der Waals surface area contributed by atoms with Crippen molar-refractivity contribution in [2.24, 2.45) is 5.92 Å². The minimum atomic E-state index is -1.03. The van der Waals surface area contributed by atoms with Gasteiger partial charge in [0, 0.05) is 23.8 Å². The highest BCUT2D eigenvalue weighted by atomic mass is 79.9. The molecule has 5 nitrogen and oxygen atoms in total. The van der Waals surface area contributed by atoms with Crippen molar-refractivity contribution in [3.63, 3.8) is 0 Å². The largest absolute Gasteiger partial charge is 0.478 e. The SMILES string of the molecule is CN(CC1CCCC1)C(=O)Nc1ccc(Br)c(C(=O)O)c1. The van der Waals surface area contributed by atoms with Crippen molar-refractivity contribution >= 4 is 33.6 Å². The van der Waals surface area contributed by atoms with E-state index in [9.17, 15) is 9.59 Å². The topological polar surface area (TPSA) is 69.6 Å². The number of rotatable bonds is 4. The number of amides is 2. The number of carboxylic acid groups (broad SMARTS) is 1.